The van der Waals surface area contributed by atoms with Crippen LogP contribution in [0, 0.1) is 0 Å². The zero-order valence-corrected chi connectivity index (χ0v) is 11.0. The molecule has 2 N–H and O–H groups in total. The molecule has 0 aromatic rings. The second-order valence-electron chi connectivity index (χ2n) is 4.39. The smallest absolute Gasteiger partial charge is 0.211 e. The number of likely N-dealkylation sites (tertiary alicyclic amines) is 1. The van der Waals surface area contributed by atoms with Gasteiger partial charge in [0.2, 0.25) is 10.0 Å². The zero-order valence-electron chi connectivity index (χ0n) is 10.2. The van der Waals surface area contributed by atoms with Crippen molar-refractivity contribution in [1.82, 2.24) is 14.9 Å². The summed E-state index contributed by atoms with van der Waals surface area (Å²) in [7, 11) is -1.07. The number of hydrogen-bond acceptors (Lipinski definition) is 4. The Hall–Kier alpha value is -0.170. The van der Waals surface area contributed by atoms with E-state index in [4.69, 9.17) is 0 Å². The van der Waals surface area contributed by atoms with Crippen LogP contribution in [-0.4, -0.2) is 58.3 Å². The maximum absolute atomic E-state index is 11.7. The van der Waals surface area contributed by atoms with Gasteiger partial charge < -0.3 is 10.2 Å². The van der Waals surface area contributed by atoms with E-state index < -0.39 is 10.0 Å². The van der Waals surface area contributed by atoms with Crippen molar-refractivity contribution in [1.29, 1.82) is 0 Å². The van der Waals surface area contributed by atoms with Crippen LogP contribution < -0.4 is 10.0 Å². The molecule has 1 saturated heterocycles. The molecular formula is C10H23N3O2S. The highest BCUT2D eigenvalue weighted by Gasteiger charge is 2.23. The van der Waals surface area contributed by atoms with Crippen molar-refractivity contribution in [3.8, 4) is 0 Å². The van der Waals surface area contributed by atoms with Crippen molar-refractivity contribution in [3.05, 3.63) is 0 Å². The van der Waals surface area contributed by atoms with E-state index >= 15 is 0 Å². The Morgan fingerprint density at radius 1 is 1.44 bits per heavy atom. The van der Waals surface area contributed by atoms with Crippen LogP contribution in [0.5, 0.6) is 0 Å². The lowest BCUT2D eigenvalue weighted by Gasteiger charge is -2.13. The number of rotatable bonds is 7. The predicted molar refractivity (Wildman–Crippen MR) is 66.0 cm³/mol. The van der Waals surface area contributed by atoms with Gasteiger partial charge in [-0.1, -0.05) is 6.92 Å². The molecule has 5 nitrogen and oxygen atoms in total. The maximum Gasteiger partial charge on any atom is 0.211 e. The Labute approximate surface area is 98.6 Å². The lowest BCUT2D eigenvalue weighted by molar-refractivity contribution is 0.407. The van der Waals surface area contributed by atoms with E-state index in [2.05, 4.69) is 14.9 Å². The second-order valence-corrected chi connectivity index (χ2v) is 6.27. The lowest BCUT2D eigenvalue weighted by atomic mass is 10.3. The molecule has 1 rings (SSSR count). The van der Waals surface area contributed by atoms with Crippen molar-refractivity contribution in [3.63, 3.8) is 0 Å². The quantitative estimate of drug-likeness (QED) is 0.603. The number of sulfonamides is 1. The van der Waals surface area contributed by atoms with E-state index in [-0.39, 0.29) is 11.8 Å². The molecule has 0 saturated carbocycles. The molecule has 1 atom stereocenters. The number of nitrogens with zero attached hydrogens (tertiary/aromatic N) is 1. The predicted octanol–water partition coefficient (Wildman–Crippen LogP) is -0.390. The summed E-state index contributed by atoms with van der Waals surface area (Å²) >= 11 is 0. The molecule has 0 amide bonds. The van der Waals surface area contributed by atoms with Gasteiger partial charge in [0.05, 0.1) is 5.75 Å². The summed E-state index contributed by atoms with van der Waals surface area (Å²) in [5.74, 6) is 0.222. The molecule has 0 spiro atoms. The summed E-state index contributed by atoms with van der Waals surface area (Å²) in [5, 5.41) is 3.12. The Morgan fingerprint density at radius 3 is 2.75 bits per heavy atom. The highest BCUT2D eigenvalue weighted by atomic mass is 32.2. The molecule has 1 heterocycles. The van der Waals surface area contributed by atoms with Gasteiger partial charge >= 0.3 is 0 Å². The van der Waals surface area contributed by atoms with Crippen LogP contribution in [0.4, 0.5) is 0 Å². The summed E-state index contributed by atoms with van der Waals surface area (Å²) in [5.41, 5.74) is 0. The van der Waals surface area contributed by atoms with Gasteiger partial charge in [-0.15, -0.1) is 0 Å². The van der Waals surface area contributed by atoms with Gasteiger partial charge in [-0.25, -0.2) is 13.1 Å². The van der Waals surface area contributed by atoms with Gasteiger partial charge in [0.1, 0.15) is 0 Å². The van der Waals surface area contributed by atoms with Crippen LogP contribution in [0.25, 0.3) is 0 Å². The zero-order chi connectivity index (χ0) is 12.0. The van der Waals surface area contributed by atoms with Crippen molar-refractivity contribution in [2.24, 2.45) is 0 Å². The number of nitrogens with one attached hydrogen (secondary N) is 2. The first-order chi connectivity index (χ1) is 7.53. The fourth-order valence-electron chi connectivity index (χ4n) is 1.91. The molecule has 1 unspecified atom stereocenters. The molecule has 0 aromatic carbocycles. The van der Waals surface area contributed by atoms with Crippen LogP contribution in [-0.2, 0) is 10.0 Å². The van der Waals surface area contributed by atoms with Gasteiger partial charge in [0.25, 0.3) is 0 Å². The summed E-state index contributed by atoms with van der Waals surface area (Å²) in [6, 6.07) is 0.106. The van der Waals surface area contributed by atoms with Crippen LogP contribution >= 0.6 is 0 Å². The van der Waals surface area contributed by atoms with E-state index in [1.807, 2.05) is 14.0 Å². The molecule has 1 fully saturated rings. The minimum Gasteiger partial charge on any atom is -0.317 e. The van der Waals surface area contributed by atoms with Crippen molar-refractivity contribution in [2.75, 3.05) is 39.0 Å². The van der Waals surface area contributed by atoms with E-state index in [1.165, 1.54) is 0 Å². The van der Waals surface area contributed by atoms with Crippen molar-refractivity contribution < 1.29 is 8.42 Å². The largest absolute Gasteiger partial charge is 0.317 e. The molecule has 0 bridgehead atoms. The molecule has 0 radical (unpaired) electrons. The third kappa shape index (κ3) is 5.25. The third-order valence-corrected chi connectivity index (χ3v) is 4.27. The van der Waals surface area contributed by atoms with Crippen LogP contribution in [0.3, 0.4) is 0 Å². The molecule has 0 aliphatic carbocycles. The van der Waals surface area contributed by atoms with E-state index in [1.54, 1.807) is 0 Å². The molecule has 6 heteroatoms. The average molecular weight is 249 g/mol. The van der Waals surface area contributed by atoms with E-state index in [9.17, 15) is 8.42 Å². The van der Waals surface area contributed by atoms with Gasteiger partial charge in [0, 0.05) is 12.6 Å². The monoisotopic (exact) mass is 249 g/mol. The Morgan fingerprint density at radius 2 is 2.19 bits per heavy atom. The Balaban J connectivity index is 2.23. The van der Waals surface area contributed by atoms with Gasteiger partial charge in [-0.3, -0.25) is 0 Å². The first-order valence-corrected chi connectivity index (χ1v) is 7.58. The molecule has 1 aliphatic heterocycles. The van der Waals surface area contributed by atoms with E-state index in [0.717, 1.165) is 32.6 Å². The maximum atomic E-state index is 11.7. The van der Waals surface area contributed by atoms with Gasteiger partial charge in [-0.2, -0.15) is 0 Å². The lowest BCUT2D eigenvalue weighted by Crippen LogP contribution is -2.38. The topological polar surface area (TPSA) is 61.4 Å². The fraction of sp³-hybridized carbons (Fsp3) is 1.00. The Bertz CT molecular complexity index is 292. The van der Waals surface area contributed by atoms with Gasteiger partial charge in [0.15, 0.2) is 0 Å². The minimum absolute atomic E-state index is 0.106. The SMILES string of the molecule is CCNCCCS(=O)(=O)NC1CCN(C)C1. The van der Waals surface area contributed by atoms with Crippen LogP contribution in [0.1, 0.15) is 19.8 Å². The van der Waals surface area contributed by atoms with E-state index in [0.29, 0.717) is 6.42 Å². The summed E-state index contributed by atoms with van der Waals surface area (Å²) in [6.45, 7) is 5.47. The molecule has 1 aliphatic rings. The average Bonchev–Trinajstić information content (AvgIpc) is 2.58. The van der Waals surface area contributed by atoms with Crippen LogP contribution in [0.15, 0.2) is 0 Å². The molecule has 16 heavy (non-hydrogen) atoms. The summed E-state index contributed by atoms with van der Waals surface area (Å²) < 4.78 is 26.2. The first kappa shape index (κ1) is 13.9. The molecule has 0 aromatic heterocycles. The van der Waals surface area contributed by atoms with Crippen molar-refractivity contribution >= 4 is 10.0 Å². The highest BCUT2D eigenvalue weighted by Crippen LogP contribution is 2.07. The number of likely N-dealkylation sites (N-methyl/N-ethyl adjacent to an activating group) is 1. The molecular weight excluding hydrogens is 226 g/mol. The Kier molecular flexibility index (Phi) is 5.68. The normalized spacial score (nSPS) is 22.8. The summed E-state index contributed by atoms with van der Waals surface area (Å²) in [6.07, 6.45) is 1.59. The molecule has 96 valence electrons. The summed E-state index contributed by atoms with van der Waals surface area (Å²) in [4.78, 5) is 2.14. The third-order valence-electron chi connectivity index (χ3n) is 2.75. The highest BCUT2D eigenvalue weighted by molar-refractivity contribution is 7.89. The van der Waals surface area contributed by atoms with Crippen LogP contribution in [0.2, 0.25) is 0 Å². The van der Waals surface area contributed by atoms with Gasteiger partial charge in [-0.05, 0) is 39.5 Å². The fourth-order valence-corrected chi connectivity index (χ4v) is 3.25. The van der Waals surface area contributed by atoms with Crippen molar-refractivity contribution in [2.45, 2.75) is 25.8 Å². The number of hydrogen-bond donors (Lipinski definition) is 2. The standard InChI is InChI=1S/C10H23N3O2S/c1-3-11-6-4-8-16(14,15)12-10-5-7-13(2)9-10/h10-12H,3-9H2,1-2H3. The minimum atomic E-state index is -3.09. The first-order valence-electron chi connectivity index (χ1n) is 5.93. The second kappa shape index (κ2) is 6.54.